The average Bonchev–Trinajstić information content (AvgIpc) is 3.11. The van der Waals surface area contributed by atoms with E-state index in [1.165, 1.54) is 19.3 Å². The number of ether oxygens (including phenoxy) is 1. The SMILES string of the molecule is CCOCCCn1cnc2c(c1=O)c1nc3ccccc3nc1n2C1CCCCC1. The van der Waals surface area contributed by atoms with Crippen LogP contribution in [0, 0.1) is 0 Å². The molecule has 0 aliphatic heterocycles. The fourth-order valence-electron chi connectivity index (χ4n) is 4.62. The van der Waals surface area contributed by atoms with Crippen LogP contribution in [0.15, 0.2) is 35.4 Å². The maximum Gasteiger partial charge on any atom is 0.265 e. The van der Waals surface area contributed by atoms with Crippen LogP contribution in [-0.2, 0) is 11.3 Å². The Kier molecular flexibility index (Phi) is 5.21. The summed E-state index contributed by atoms with van der Waals surface area (Å²) in [7, 11) is 0. The third kappa shape index (κ3) is 3.27. The molecular formula is C23H27N5O2. The van der Waals surface area contributed by atoms with Gasteiger partial charge in [-0.2, -0.15) is 0 Å². The second-order valence-electron chi connectivity index (χ2n) is 8.04. The van der Waals surface area contributed by atoms with E-state index in [1.54, 1.807) is 10.9 Å². The molecule has 1 saturated carbocycles. The van der Waals surface area contributed by atoms with Crippen molar-refractivity contribution in [1.82, 2.24) is 24.1 Å². The molecule has 1 aliphatic carbocycles. The van der Waals surface area contributed by atoms with Gasteiger partial charge in [-0.3, -0.25) is 9.36 Å². The van der Waals surface area contributed by atoms with Gasteiger partial charge in [0.15, 0.2) is 11.3 Å². The maximum atomic E-state index is 13.4. The highest BCUT2D eigenvalue weighted by atomic mass is 16.5. The molecule has 1 fully saturated rings. The number of aromatic nitrogens is 5. The van der Waals surface area contributed by atoms with Gasteiger partial charge < -0.3 is 9.30 Å². The van der Waals surface area contributed by atoms with E-state index < -0.39 is 0 Å². The van der Waals surface area contributed by atoms with Gasteiger partial charge in [-0.05, 0) is 38.3 Å². The van der Waals surface area contributed by atoms with Crippen LogP contribution in [0.1, 0.15) is 51.5 Å². The highest BCUT2D eigenvalue weighted by molar-refractivity contribution is 6.04. The van der Waals surface area contributed by atoms with Crippen molar-refractivity contribution in [2.45, 2.75) is 58.0 Å². The molecule has 0 amide bonds. The fraction of sp³-hybridized carbons (Fsp3) is 0.478. The zero-order valence-corrected chi connectivity index (χ0v) is 17.4. The number of rotatable bonds is 6. The molecule has 0 unspecified atom stereocenters. The minimum Gasteiger partial charge on any atom is -0.382 e. The van der Waals surface area contributed by atoms with Gasteiger partial charge in [0.1, 0.15) is 10.9 Å². The van der Waals surface area contributed by atoms with Gasteiger partial charge in [-0.1, -0.05) is 31.4 Å². The molecular weight excluding hydrogens is 378 g/mol. The summed E-state index contributed by atoms with van der Waals surface area (Å²) in [5.74, 6) is 0. The van der Waals surface area contributed by atoms with Crippen molar-refractivity contribution < 1.29 is 4.74 Å². The minimum absolute atomic E-state index is 0.0411. The van der Waals surface area contributed by atoms with Gasteiger partial charge in [0.2, 0.25) is 0 Å². The Morgan fingerprint density at radius 1 is 1.07 bits per heavy atom. The summed E-state index contributed by atoms with van der Waals surface area (Å²) in [5.41, 5.74) is 3.79. The fourth-order valence-corrected chi connectivity index (χ4v) is 4.62. The third-order valence-electron chi connectivity index (χ3n) is 6.09. The first-order valence-electron chi connectivity index (χ1n) is 11.0. The summed E-state index contributed by atoms with van der Waals surface area (Å²) in [5, 5.41) is 0.590. The summed E-state index contributed by atoms with van der Waals surface area (Å²) in [6.07, 6.45) is 8.29. The van der Waals surface area contributed by atoms with Crippen molar-refractivity contribution >= 4 is 33.2 Å². The topological polar surface area (TPSA) is 74.8 Å². The molecule has 5 rings (SSSR count). The normalized spacial score (nSPS) is 15.5. The molecule has 156 valence electrons. The predicted octanol–water partition coefficient (Wildman–Crippen LogP) is 4.23. The van der Waals surface area contributed by atoms with Crippen molar-refractivity contribution in [1.29, 1.82) is 0 Å². The zero-order valence-electron chi connectivity index (χ0n) is 17.4. The predicted molar refractivity (Wildman–Crippen MR) is 118 cm³/mol. The van der Waals surface area contributed by atoms with Crippen molar-refractivity contribution in [3.05, 3.63) is 40.9 Å². The molecule has 0 atom stereocenters. The monoisotopic (exact) mass is 405 g/mol. The number of para-hydroxylation sites is 2. The molecule has 7 heteroatoms. The van der Waals surface area contributed by atoms with Crippen LogP contribution in [0.5, 0.6) is 0 Å². The standard InChI is InChI=1S/C23H27N5O2/c1-2-30-14-8-13-27-15-24-21-19(23(27)29)20-22(28(21)16-9-4-3-5-10-16)26-18-12-7-6-11-17(18)25-20/h6-7,11-12,15-16H,2-5,8-10,13-14H2,1H3. The van der Waals surface area contributed by atoms with E-state index in [-0.39, 0.29) is 5.56 Å². The second kappa shape index (κ2) is 8.14. The lowest BCUT2D eigenvalue weighted by Gasteiger charge is -2.24. The van der Waals surface area contributed by atoms with Crippen LogP contribution >= 0.6 is 0 Å². The minimum atomic E-state index is -0.0411. The molecule has 3 aromatic heterocycles. The largest absolute Gasteiger partial charge is 0.382 e. The van der Waals surface area contributed by atoms with Crippen molar-refractivity contribution in [3.8, 4) is 0 Å². The molecule has 7 nitrogen and oxygen atoms in total. The van der Waals surface area contributed by atoms with Gasteiger partial charge in [0.05, 0.1) is 17.4 Å². The number of hydrogen-bond donors (Lipinski definition) is 0. The Balaban J connectivity index is 1.73. The summed E-state index contributed by atoms with van der Waals surface area (Å²) in [6.45, 7) is 3.88. The first-order chi connectivity index (χ1) is 14.8. The molecule has 3 heterocycles. The third-order valence-corrected chi connectivity index (χ3v) is 6.09. The van der Waals surface area contributed by atoms with Crippen LogP contribution in [0.2, 0.25) is 0 Å². The summed E-state index contributed by atoms with van der Waals surface area (Å²) < 4.78 is 9.30. The van der Waals surface area contributed by atoms with E-state index in [9.17, 15) is 4.79 Å². The Hall–Kier alpha value is -2.80. The Bertz CT molecular complexity index is 1250. The number of aryl methyl sites for hydroxylation is 1. The van der Waals surface area contributed by atoms with E-state index in [2.05, 4.69) is 4.57 Å². The van der Waals surface area contributed by atoms with Crippen molar-refractivity contribution in [2.24, 2.45) is 0 Å². The van der Waals surface area contributed by atoms with Gasteiger partial charge >= 0.3 is 0 Å². The molecule has 4 aromatic rings. The van der Waals surface area contributed by atoms with E-state index in [1.807, 2.05) is 31.2 Å². The molecule has 0 radical (unpaired) electrons. The molecule has 0 bridgehead atoms. The Morgan fingerprint density at radius 3 is 2.60 bits per heavy atom. The molecule has 0 saturated heterocycles. The highest BCUT2D eigenvalue weighted by Gasteiger charge is 2.25. The lowest BCUT2D eigenvalue weighted by Crippen LogP contribution is -2.22. The highest BCUT2D eigenvalue weighted by Crippen LogP contribution is 2.35. The molecule has 1 aromatic carbocycles. The van der Waals surface area contributed by atoms with E-state index in [0.29, 0.717) is 36.7 Å². The summed E-state index contributed by atoms with van der Waals surface area (Å²) in [6, 6.07) is 8.16. The van der Waals surface area contributed by atoms with Gasteiger partial charge in [-0.25, -0.2) is 15.0 Å². The summed E-state index contributed by atoms with van der Waals surface area (Å²) in [4.78, 5) is 28.0. The first kappa shape index (κ1) is 19.2. The molecule has 30 heavy (non-hydrogen) atoms. The Morgan fingerprint density at radius 2 is 1.83 bits per heavy atom. The number of nitrogens with zero attached hydrogens (tertiary/aromatic N) is 5. The van der Waals surface area contributed by atoms with Crippen molar-refractivity contribution in [2.75, 3.05) is 13.2 Å². The zero-order chi connectivity index (χ0) is 20.5. The quantitative estimate of drug-likeness (QED) is 0.449. The number of benzene rings is 1. The van der Waals surface area contributed by atoms with Crippen LogP contribution in [0.4, 0.5) is 0 Å². The van der Waals surface area contributed by atoms with Gasteiger partial charge in [0, 0.05) is 25.8 Å². The van der Waals surface area contributed by atoms with Crippen LogP contribution in [-0.4, -0.2) is 37.3 Å². The van der Waals surface area contributed by atoms with E-state index in [0.717, 1.165) is 41.6 Å². The number of fused-ring (bicyclic) bond motifs is 4. The van der Waals surface area contributed by atoms with E-state index in [4.69, 9.17) is 19.7 Å². The molecule has 0 N–H and O–H groups in total. The Labute approximate surface area is 174 Å². The van der Waals surface area contributed by atoms with E-state index >= 15 is 0 Å². The van der Waals surface area contributed by atoms with Crippen LogP contribution in [0.25, 0.3) is 33.2 Å². The summed E-state index contributed by atoms with van der Waals surface area (Å²) >= 11 is 0. The maximum absolute atomic E-state index is 13.4. The first-order valence-corrected chi connectivity index (χ1v) is 11.0. The lowest BCUT2D eigenvalue weighted by atomic mass is 9.95. The molecule has 0 spiro atoms. The van der Waals surface area contributed by atoms with Gasteiger partial charge in [0.25, 0.3) is 5.56 Å². The van der Waals surface area contributed by atoms with Crippen LogP contribution in [0.3, 0.4) is 0 Å². The average molecular weight is 406 g/mol. The smallest absolute Gasteiger partial charge is 0.265 e. The second-order valence-corrected chi connectivity index (χ2v) is 8.04. The number of hydrogen-bond acceptors (Lipinski definition) is 5. The van der Waals surface area contributed by atoms with Gasteiger partial charge in [-0.15, -0.1) is 0 Å². The van der Waals surface area contributed by atoms with Crippen molar-refractivity contribution in [3.63, 3.8) is 0 Å². The van der Waals surface area contributed by atoms with Crippen LogP contribution < -0.4 is 5.56 Å². The lowest BCUT2D eigenvalue weighted by molar-refractivity contribution is 0.141. The molecule has 1 aliphatic rings.